The summed E-state index contributed by atoms with van der Waals surface area (Å²) in [7, 11) is 1.66. The van der Waals surface area contributed by atoms with Crippen LogP contribution in [0.4, 0.5) is 0 Å². The zero-order chi connectivity index (χ0) is 13.9. The van der Waals surface area contributed by atoms with E-state index in [-0.39, 0.29) is 0 Å². The second kappa shape index (κ2) is 6.02. The Bertz CT molecular complexity index is 591. The third-order valence-electron chi connectivity index (χ3n) is 3.85. The van der Waals surface area contributed by atoms with Gasteiger partial charge in [-0.2, -0.15) is 0 Å². The molecule has 4 nitrogen and oxygen atoms in total. The van der Waals surface area contributed by atoms with Crippen molar-refractivity contribution in [1.82, 2.24) is 9.55 Å². The van der Waals surface area contributed by atoms with Crippen LogP contribution < -0.4 is 4.74 Å². The van der Waals surface area contributed by atoms with E-state index in [1.807, 2.05) is 18.2 Å². The molecule has 1 aromatic heterocycles. The van der Waals surface area contributed by atoms with Crippen molar-refractivity contribution in [3.05, 3.63) is 24.0 Å². The Balaban J connectivity index is 1.87. The number of hydrogen-bond donors (Lipinski definition) is 0. The fourth-order valence-electron chi connectivity index (χ4n) is 2.78. The third kappa shape index (κ3) is 2.63. The molecule has 1 atom stereocenters. The summed E-state index contributed by atoms with van der Waals surface area (Å²) < 4.78 is 13.1. The van der Waals surface area contributed by atoms with Crippen molar-refractivity contribution in [3.63, 3.8) is 0 Å². The Kier molecular flexibility index (Phi) is 4.13. The van der Waals surface area contributed by atoms with Crippen LogP contribution in [0.15, 0.2) is 18.2 Å². The van der Waals surface area contributed by atoms with E-state index in [9.17, 15) is 0 Å². The molecule has 0 saturated carbocycles. The molecule has 2 heterocycles. The van der Waals surface area contributed by atoms with Gasteiger partial charge in [0.1, 0.15) is 11.6 Å². The molecule has 1 unspecified atom stereocenters. The molecular weight excluding hydrogens is 276 g/mol. The molecule has 0 spiro atoms. The molecule has 1 fully saturated rings. The van der Waals surface area contributed by atoms with Crippen molar-refractivity contribution in [1.29, 1.82) is 0 Å². The molecule has 5 heteroatoms. The van der Waals surface area contributed by atoms with Gasteiger partial charge >= 0.3 is 0 Å². The topological polar surface area (TPSA) is 36.3 Å². The van der Waals surface area contributed by atoms with Crippen molar-refractivity contribution in [2.24, 2.45) is 0 Å². The number of ether oxygens (including phenoxy) is 2. The Morgan fingerprint density at radius 1 is 1.50 bits per heavy atom. The highest BCUT2D eigenvalue weighted by Crippen LogP contribution is 2.24. The van der Waals surface area contributed by atoms with Crippen molar-refractivity contribution in [3.8, 4) is 5.75 Å². The van der Waals surface area contributed by atoms with Gasteiger partial charge in [0.25, 0.3) is 0 Å². The minimum atomic E-state index is 0.383. The van der Waals surface area contributed by atoms with Gasteiger partial charge < -0.3 is 14.0 Å². The van der Waals surface area contributed by atoms with E-state index in [0.717, 1.165) is 48.6 Å². The number of rotatable bonds is 5. The van der Waals surface area contributed by atoms with Crippen molar-refractivity contribution in [2.45, 2.75) is 37.8 Å². The largest absolute Gasteiger partial charge is 0.497 e. The van der Waals surface area contributed by atoms with E-state index in [2.05, 4.69) is 9.55 Å². The predicted molar refractivity (Wildman–Crippen MR) is 79.4 cm³/mol. The summed E-state index contributed by atoms with van der Waals surface area (Å²) in [5.74, 6) is 2.15. The number of nitrogens with zero attached hydrogens (tertiary/aromatic N) is 2. The first-order valence-corrected chi connectivity index (χ1v) is 7.56. The summed E-state index contributed by atoms with van der Waals surface area (Å²) in [5.41, 5.74) is 2.05. The number of fused-ring (bicyclic) bond motifs is 1. The number of aromatic nitrogens is 2. The molecule has 0 amide bonds. The van der Waals surface area contributed by atoms with Crippen LogP contribution in [0.3, 0.4) is 0 Å². The van der Waals surface area contributed by atoms with E-state index in [4.69, 9.17) is 21.1 Å². The zero-order valence-corrected chi connectivity index (χ0v) is 12.4. The number of benzene rings is 1. The lowest BCUT2D eigenvalue weighted by atomic mass is 10.2. The maximum Gasteiger partial charge on any atom is 0.124 e. The molecule has 1 saturated heterocycles. The zero-order valence-electron chi connectivity index (χ0n) is 11.6. The number of alkyl halides is 1. The van der Waals surface area contributed by atoms with Crippen molar-refractivity contribution in [2.75, 3.05) is 13.7 Å². The second-order valence-corrected chi connectivity index (χ2v) is 5.36. The van der Waals surface area contributed by atoms with Gasteiger partial charge in [-0.1, -0.05) is 0 Å². The first kappa shape index (κ1) is 13.7. The molecule has 1 aromatic carbocycles. The molecule has 0 bridgehead atoms. The molecule has 20 heavy (non-hydrogen) atoms. The number of hydrogen-bond acceptors (Lipinski definition) is 3. The molecule has 0 aliphatic carbocycles. The fraction of sp³-hybridized carbons (Fsp3) is 0.533. The van der Waals surface area contributed by atoms with E-state index in [1.165, 1.54) is 6.42 Å². The number of halogens is 1. The molecule has 0 N–H and O–H groups in total. The molecule has 3 rings (SSSR count). The monoisotopic (exact) mass is 294 g/mol. The van der Waals surface area contributed by atoms with Gasteiger partial charge in [-0.15, -0.1) is 11.6 Å². The minimum absolute atomic E-state index is 0.383. The molecule has 1 aliphatic rings. The van der Waals surface area contributed by atoms with E-state index >= 15 is 0 Å². The standard InChI is InChI=1S/C15H19ClN2O2/c1-19-12-4-5-14-13(9-12)17-15(10-16)18(14)7-6-11-3-2-8-20-11/h4-5,9,11H,2-3,6-8,10H2,1H3. The SMILES string of the molecule is COc1ccc2c(c1)nc(CCl)n2CCC1CCCO1. The third-order valence-corrected chi connectivity index (χ3v) is 4.09. The maximum atomic E-state index is 6.03. The van der Waals surface area contributed by atoms with E-state index in [1.54, 1.807) is 7.11 Å². The average Bonchev–Trinajstić information content (AvgIpc) is 3.11. The highest BCUT2D eigenvalue weighted by atomic mass is 35.5. The summed E-state index contributed by atoms with van der Waals surface area (Å²) in [6, 6.07) is 5.96. The van der Waals surface area contributed by atoms with Crippen LogP contribution in [0.25, 0.3) is 11.0 Å². The summed E-state index contributed by atoms with van der Waals surface area (Å²) >= 11 is 6.03. The van der Waals surface area contributed by atoms with Gasteiger partial charge in [0.15, 0.2) is 0 Å². The first-order chi connectivity index (χ1) is 9.81. The summed E-state index contributed by atoms with van der Waals surface area (Å²) in [5, 5.41) is 0. The Morgan fingerprint density at radius 3 is 3.10 bits per heavy atom. The average molecular weight is 295 g/mol. The molecule has 1 aliphatic heterocycles. The second-order valence-electron chi connectivity index (χ2n) is 5.09. The van der Waals surface area contributed by atoms with Gasteiger partial charge in [0.05, 0.1) is 30.1 Å². The molecule has 0 radical (unpaired) electrons. The molecule has 108 valence electrons. The Morgan fingerprint density at radius 2 is 2.40 bits per heavy atom. The lowest BCUT2D eigenvalue weighted by molar-refractivity contribution is 0.100. The van der Waals surface area contributed by atoms with Crippen LogP contribution in [0.1, 0.15) is 25.1 Å². The highest BCUT2D eigenvalue weighted by molar-refractivity contribution is 6.16. The smallest absolute Gasteiger partial charge is 0.124 e. The summed E-state index contributed by atoms with van der Waals surface area (Å²) in [6.45, 7) is 1.80. The van der Waals surface area contributed by atoms with E-state index in [0.29, 0.717) is 12.0 Å². The lowest BCUT2D eigenvalue weighted by Gasteiger charge is -2.12. The van der Waals surface area contributed by atoms with Crippen LogP contribution in [-0.4, -0.2) is 29.4 Å². The van der Waals surface area contributed by atoms with Gasteiger partial charge in [-0.25, -0.2) is 4.98 Å². The van der Waals surface area contributed by atoms with Gasteiger partial charge in [-0.05, 0) is 31.4 Å². The Hall–Kier alpha value is -1.26. The van der Waals surface area contributed by atoms with Crippen LogP contribution in [0.5, 0.6) is 5.75 Å². The quantitative estimate of drug-likeness (QED) is 0.794. The van der Waals surface area contributed by atoms with Gasteiger partial charge in [0.2, 0.25) is 0 Å². The predicted octanol–water partition coefficient (Wildman–Crippen LogP) is 3.35. The number of methoxy groups -OCH3 is 1. The van der Waals surface area contributed by atoms with Gasteiger partial charge in [-0.3, -0.25) is 0 Å². The first-order valence-electron chi connectivity index (χ1n) is 7.02. The maximum absolute atomic E-state index is 6.03. The van der Waals surface area contributed by atoms with E-state index < -0.39 is 0 Å². The van der Waals surface area contributed by atoms with Crippen LogP contribution in [0.2, 0.25) is 0 Å². The Labute approximate surface area is 123 Å². The fourth-order valence-corrected chi connectivity index (χ4v) is 2.99. The lowest BCUT2D eigenvalue weighted by Crippen LogP contribution is -2.11. The van der Waals surface area contributed by atoms with Gasteiger partial charge in [0, 0.05) is 19.2 Å². The van der Waals surface area contributed by atoms with Crippen LogP contribution >= 0.6 is 11.6 Å². The van der Waals surface area contributed by atoms with Crippen molar-refractivity contribution < 1.29 is 9.47 Å². The number of aryl methyl sites for hydroxylation is 1. The highest BCUT2D eigenvalue weighted by Gasteiger charge is 2.17. The molecular formula is C15H19ClN2O2. The number of imidazole rings is 1. The van der Waals surface area contributed by atoms with Crippen molar-refractivity contribution >= 4 is 22.6 Å². The summed E-state index contributed by atoms with van der Waals surface area (Å²) in [4.78, 5) is 4.60. The summed E-state index contributed by atoms with van der Waals surface area (Å²) in [6.07, 6.45) is 3.74. The molecule has 2 aromatic rings. The minimum Gasteiger partial charge on any atom is -0.497 e. The van der Waals surface area contributed by atoms with Crippen LogP contribution in [-0.2, 0) is 17.2 Å². The normalized spacial score (nSPS) is 18.8. The van der Waals surface area contributed by atoms with Crippen LogP contribution in [0, 0.1) is 0 Å².